The smallest absolute Gasteiger partial charge is 0.166 e. The number of benzene rings is 1. The van der Waals surface area contributed by atoms with Gasteiger partial charge in [0.15, 0.2) is 5.78 Å². The Morgan fingerprint density at radius 1 is 1.17 bits per heavy atom. The van der Waals surface area contributed by atoms with Gasteiger partial charge in [0.25, 0.3) is 0 Å². The third kappa shape index (κ3) is 4.30. The Hall–Kier alpha value is -2.95. The number of fused-ring (bicyclic) bond motifs is 1. The first kappa shape index (κ1) is 20.3. The number of nitrogens with zero attached hydrogens (tertiary/aromatic N) is 2. The number of rotatable bonds is 9. The Bertz CT molecular complexity index is 1050. The third-order valence-corrected chi connectivity index (χ3v) is 5.85. The highest BCUT2D eigenvalue weighted by Gasteiger charge is 2.26. The van der Waals surface area contributed by atoms with Crippen molar-refractivity contribution in [1.29, 1.82) is 0 Å². The molecule has 0 amide bonds. The van der Waals surface area contributed by atoms with E-state index < -0.39 is 0 Å². The lowest BCUT2D eigenvalue weighted by atomic mass is 9.96. The van der Waals surface area contributed by atoms with Crippen molar-refractivity contribution in [2.45, 2.75) is 46.0 Å². The van der Waals surface area contributed by atoms with Crippen LogP contribution in [0, 0.1) is 12.8 Å². The maximum Gasteiger partial charge on any atom is 0.166 e. The molecule has 0 unspecified atom stereocenters. The van der Waals surface area contributed by atoms with E-state index in [4.69, 9.17) is 0 Å². The zero-order valence-electron chi connectivity index (χ0n) is 18.1. The number of nitrogens with one attached hydrogen (secondary N) is 2. The van der Waals surface area contributed by atoms with E-state index in [1.54, 1.807) is 6.20 Å². The molecule has 3 aromatic rings. The molecular formula is C25H30N4O. The average molecular weight is 403 g/mol. The van der Waals surface area contributed by atoms with Gasteiger partial charge >= 0.3 is 0 Å². The maximum atomic E-state index is 12.8. The van der Waals surface area contributed by atoms with Crippen LogP contribution in [0.1, 0.15) is 54.9 Å². The van der Waals surface area contributed by atoms with Gasteiger partial charge in [0.1, 0.15) is 5.82 Å². The number of anilines is 2. The number of ketones is 1. The summed E-state index contributed by atoms with van der Waals surface area (Å²) in [4.78, 5) is 22.0. The van der Waals surface area contributed by atoms with E-state index in [0.717, 1.165) is 58.5 Å². The predicted molar refractivity (Wildman–Crippen MR) is 124 cm³/mol. The number of carbonyl (C=O) groups excluding carboxylic acids is 1. The summed E-state index contributed by atoms with van der Waals surface area (Å²) in [5.74, 6) is 1.64. The molecule has 2 N–H and O–H groups in total. The molecule has 0 bridgehead atoms. The van der Waals surface area contributed by atoms with Crippen LogP contribution in [-0.2, 0) is 0 Å². The second kappa shape index (κ2) is 8.82. The molecule has 2 aromatic heterocycles. The summed E-state index contributed by atoms with van der Waals surface area (Å²) >= 11 is 0. The second-order valence-electron chi connectivity index (χ2n) is 8.26. The van der Waals surface area contributed by atoms with Crippen molar-refractivity contribution in [1.82, 2.24) is 9.97 Å². The number of pyridine rings is 2. The summed E-state index contributed by atoms with van der Waals surface area (Å²) < 4.78 is 0. The van der Waals surface area contributed by atoms with Crippen LogP contribution in [0.5, 0.6) is 0 Å². The summed E-state index contributed by atoms with van der Waals surface area (Å²) in [7, 11) is 1.88. The fourth-order valence-electron chi connectivity index (χ4n) is 3.88. The number of hydrogen-bond acceptors (Lipinski definition) is 5. The van der Waals surface area contributed by atoms with Gasteiger partial charge in [0.05, 0.1) is 16.8 Å². The van der Waals surface area contributed by atoms with Gasteiger partial charge in [-0.1, -0.05) is 13.3 Å². The zero-order chi connectivity index (χ0) is 21.1. The molecule has 5 heteroatoms. The van der Waals surface area contributed by atoms with Crippen molar-refractivity contribution in [3.05, 3.63) is 47.8 Å². The molecule has 1 aliphatic rings. The number of Topliss-reactive ketones (excluding diaryl/α,β-unsaturated/α-hetero) is 1. The summed E-state index contributed by atoms with van der Waals surface area (Å²) in [6, 6.07) is 8.36. The minimum Gasteiger partial charge on any atom is -0.387 e. The van der Waals surface area contributed by atoms with Crippen LogP contribution in [0.15, 0.2) is 36.7 Å². The van der Waals surface area contributed by atoms with E-state index in [2.05, 4.69) is 52.6 Å². The first-order valence-electron chi connectivity index (χ1n) is 10.9. The molecule has 1 aromatic carbocycles. The van der Waals surface area contributed by atoms with Gasteiger partial charge in [-0.2, -0.15) is 0 Å². The van der Waals surface area contributed by atoms with Gasteiger partial charge in [-0.15, -0.1) is 0 Å². The van der Waals surface area contributed by atoms with Crippen LogP contribution in [0.3, 0.4) is 0 Å². The lowest BCUT2D eigenvalue weighted by molar-refractivity contribution is 0.0976. The van der Waals surface area contributed by atoms with Crippen molar-refractivity contribution in [3.63, 3.8) is 0 Å². The quantitative estimate of drug-likeness (QED) is 0.347. The third-order valence-electron chi connectivity index (χ3n) is 5.85. The van der Waals surface area contributed by atoms with Gasteiger partial charge in [-0.05, 0) is 67.5 Å². The van der Waals surface area contributed by atoms with Gasteiger partial charge in [0, 0.05) is 43.4 Å². The predicted octanol–water partition coefficient (Wildman–Crippen LogP) is 5.84. The Labute approximate surface area is 178 Å². The zero-order valence-corrected chi connectivity index (χ0v) is 18.1. The Morgan fingerprint density at radius 2 is 2.00 bits per heavy atom. The van der Waals surface area contributed by atoms with Gasteiger partial charge in [0.2, 0.25) is 0 Å². The fraction of sp³-hybridized carbons (Fsp3) is 0.400. The lowest BCUT2D eigenvalue weighted by Crippen LogP contribution is -2.07. The topological polar surface area (TPSA) is 66.9 Å². The van der Waals surface area contributed by atoms with Gasteiger partial charge in [-0.3, -0.25) is 9.78 Å². The number of hydrogen-bond donors (Lipinski definition) is 2. The van der Waals surface area contributed by atoms with E-state index in [1.807, 2.05) is 19.3 Å². The summed E-state index contributed by atoms with van der Waals surface area (Å²) in [5.41, 5.74) is 5.78. The molecule has 1 fully saturated rings. The largest absolute Gasteiger partial charge is 0.387 e. The van der Waals surface area contributed by atoms with Crippen LogP contribution in [-0.4, -0.2) is 29.3 Å². The molecule has 156 valence electrons. The number of carbonyl (C=O) groups is 1. The van der Waals surface area contributed by atoms with Crippen LogP contribution in [0.2, 0.25) is 0 Å². The molecule has 0 atom stereocenters. The van der Waals surface area contributed by atoms with E-state index in [0.29, 0.717) is 17.9 Å². The highest BCUT2D eigenvalue weighted by Crippen LogP contribution is 2.37. The molecule has 5 nitrogen and oxygen atoms in total. The highest BCUT2D eigenvalue weighted by atomic mass is 16.1. The first-order valence-corrected chi connectivity index (χ1v) is 10.9. The molecule has 0 spiro atoms. The van der Waals surface area contributed by atoms with E-state index in [-0.39, 0.29) is 5.78 Å². The van der Waals surface area contributed by atoms with Gasteiger partial charge in [-0.25, -0.2) is 4.98 Å². The Balaban J connectivity index is 1.69. The normalized spacial score (nSPS) is 13.4. The standard InChI is InChI=1S/C25H30N4O/c1-4-5-10-27-24-9-8-18(14-29-24)19-13-20-22(11-16(19)2)28-15-21(25(20)26-3)23(30)12-17-6-7-17/h8-9,11,13-15,17H,4-7,10,12H2,1-3H3,(H,26,28)(H,27,29). The fourth-order valence-corrected chi connectivity index (χ4v) is 3.88. The number of aryl methyl sites for hydroxylation is 1. The minimum absolute atomic E-state index is 0.183. The SMILES string of the molecule is CCCCNc1ccc(-c2cc3c(NC)c(C(=O)CC4CC4)cnc3cc2C)cn1. The molecule has 30 heavy (non-hydrogen) atoms. The van der Waals surface area contributed by atoms with E-state index >= 15 is 0 Å². The molecule has 0 saturated heterocycles. The minimum atomic E-state index is 0.183. The molecule has 1 aliphatic carbocycles. The molecule has 2 heterocycles. The Kier molecular flexibility index (Phi) is 5.98. The molecule has 4 rings (SSSR count). The van der Waals surface area contributed by atoms with Gasteiger partial charge < -0.3 is 10.6 Å². The van der Waals surface area contributed by atoms with Crippen LogP contribution in [0.25, 0.3) is 22.0 Å². The Morgan fingerprint density at radius 3 is 2.67 bits per heavy atom. The maximum absolute atomic E-state index is 12.8. The van der Waals surface area contributed by atoms with Crippen LogP contribution >= 0.6 is 0 Å². The summed E-state index contributed by atoms with van der Waals surface area (Å²) in [5, 5.41) is 7.60. The molecule has 0 aliphatic heterocycles. The van der Waals surface area contributed by atoms with Crippen LogP contribution in [0.4, 0.5) is 11.5 Å². The number of unbranched alkanes of at least 4 members (excludes halogenated alkanes) is 1. The average Bonchev–Trinajstić information content (AvgIpc) is 3.57. The molecular weight excluding hydrogens is 372 g/mol. The monoisotopic (exact) mass is 402 g/mol. The van der Waals surface area contributed by atoms with Crippen molar-refractivity contribution >= 4 is 28.2 Å². The lowest BCUT2D eigenvalue weighted by Gasteiger charge is -2.14. The molecule has 1 saturated carbocycles. The first-order chi connectivity index (χ1) is 14.6. The van der Waals surface area contributed by atoms with Crippen molar-refractivity contribution in [3.8, 4) is 11.1 Å². The van der Waals surface area contributed by atoms with Crippen molar-refractivity contribution < 1.29 is 4.79 Å². The van der Waals surface area contributed by atoms with Crippen molar-refractivity contribution in [2.24, 2.45) is 5.92 Å². The van der Waals surface area contributed by atoms with E-state index in [9.17, 15) is 4.79 Å². The highest BCUT2D eigenvalue weighted by molar-refractivity contribution is 6.09. The van der Waals surface area contributed by atoms with Crippen LogP contribution < -0.4 is 10.6 Å². The summed E-state index contributed by atoms with van der Waals surface area (Å²) in [6.45, 7) is 5.21. The second-order valence-corrected chi connectivity index (χ2v) is 8.26. The van der Waals surface area contributed by atoms with Crippen molar-refractivity contribution in [2.75, 3.05) is 24.2 Å². The molecule has 0 radical (unpaired) electrons. The summed E-state index contributed by atoms with van der Waals surface area (Å²) in [6.07, 6.45) is 8.90. The van der Waals surface area contributed by atoms with E-state index in [1.165, 1.54) is 12.8 Å². The number of aromatic nitrogens is 2.